The largest absolute Gasteiger partial charge is 0.492 e. The molecule has 1 saturated heterocycles. The Morgan fingerprint density at radius 1 is 1.00 bits per heavy atom. The maximum absolute atomic E-state index is 12.9. The maximum Gasteiger partial charge on any atom is 0.233 e. The van der Waals surface area contributed by atoms with Crippen LogP contribution < -0.4 is 4.90 Å². The van der Waals surface area contributed by atoms with E-state index in [1.165, 1.54) is 13.2 Å². The number of rotatable bonds is 3. The second-order valence-electron chi connectivity index (χ2n) is 6.41. The van der Waals surface area contributed by atoms with Crippen LogP contribution in [0.15, 0.2) is 42.2 Å². The van der Waals surface area contributed by atoms with E-state index in [4.69, 9.17) is 9.72 Å². The van der Waals surface area contributed by atoms with Gasteiger partial charge in [-0.05, 0) is 19.3 Å². The first-order chi connectivity index (χ1) is 12.7. The quantitative estimate of drug-likeness (QED) is 0.848. The number of Topliss-reactive ketones (excluding diaryl/α,β-unsaturated/α-hetero) is 1. The van der Waals surface area contributed by atoms with Gasteiger partial charge in [0.25, 0.3) is 0 Å². The van der Waals surface area contributed by atoms with Gasteiger partial charge < -0.3 is 9.64 Å². The second kappa shape index (κ2) is 6.71. The van der Waals surface area contributed by atoms with E-state index in [1.807, 2.05) is 30.3 Å². The highest BCUT2D eigenvalue weighted by Gasteiger charge is 2.34. The summed E-state index contributed by atoms with van der Waals surface area (Å²) in [6.07, 6.45) is 4.45. The molecule has 0 radical (unpaired) electrons. The van der Waals surface area contributed by atoms with Gasteiger partial charge in [0.2, 0.25) is 11.6 Å². The molecule has 2 aromatic rings. The van der Waals surface area contributed by atoms with Gasteiger partial charge in [0.15, 0.2) is 11.6 Å². The Bertz CT molecular complexity index is 900. The summed E-state index contributed by atoms with van der Waals surface area (Å²) in [5.74, 6) is 0.378. The predicted octanol–water partition coefficient (Wildman–Crippen LogP) is 3.04. The van der Waals surface area contributed by atoms with E-state index in [1.54, 1.807) is 0 Å². The molecule has 1 aromatic carbocycles. The van der Waals surface area contributed by atoms with Crippen LogP contribution in [0, 0.1) is 0 Å². The number of anilines is 1. The average molecular weight is 349 g/mol. The molecule has 0 saturated carbocycles. The van der Waals surface area contributed by atoms with Crippen LogP contribution in [0.2, 0.25) is 0 Å². The summed E-state index contributed by atoms with van der Waals surface area (Å²) in [5, 5.41) is 0. The Kier molecular flexibility index (Phi) is 4.24. The molecule has 1 fully saturated rings. The third kappa shape index (κ3) is 2.77. The number of carbonyl (C=O) groups is 2. The highest BCUT2D eigenvalue weighted by Crippen LogP contribution is 2.32. The maximum atomic E-state index is 12.9. The van der Waals surface area contributed by atoms with Crippen molar-refractivity contribution in [1.29, 1.82) is 0 Å². The fourth-order valence-corrected chi connectivity index (χ4v) is 3.41. The van der Waals surface area contributed by atoms with Crippen molar-refractivity contribution in [3.05, 3.63) is 53.4 Å². The Morgan fingerprint density at radius 2 is 1.73 bits per heavy atom. The number of nitrogens with zero attached hydrogens (tertiary/aromatic N) is 3. The number of allylic oxidation sites excluding steroid dienone is 2. The first kappa shape index (κ1) is 16.4. The van der Waals surface area contributed by atoms with E-state index < -0.39 is 0 Å². The lowest BCUT2D eigenvalue weighted by atomic mass is 9.97. The van der Waals surface area contributed by atoms with Gasteiger partial charge in [-0.2, -0.15) is 0 Å². The van der Waals surface area contributed by atoms with Gasteiger partial charge in [0.05, 0.1) is 12.7 Å². The SMILES string of the molecule is COC1=CC(=O)c2nc(-c3ccccc3)nc(N3CCCCC3)c2C1=O. The molecule has 1 aliphatic heterocycles. The molecule has 2 aliphatic rings. The van der Waals surface area contributed by atoms with E-state index in [0.717, 1.165) is 37.9 Å². The van der Waals surface area contributed by atoms with Gasteiger partial charge in [-0.25, -0.2) is 9.97 Å². The molecule has 1 aromatic heterocycles. The first-order valence-corrected chi connectivity index (χ1v) is 8.76. The molecule has 0 atom stereocenters. The molecule has 0 N–H and O–H groups in total. The summed E-state index contributed by atoms with van der Waals surface area (Å²) >= 11 is 0. The predicted molar refractivity (Wildman–Crippen MR) is 97.3 cm³/mol. The third-order valence-electron chi connectivity index (χ3n) is 4.74. The standard InChI is InChI=1S/C20H19N3O3/c1-26-15-12-14(24)17-16(18(15)25)20(23-10-6-3-7-11-23)22-19(21-17)13-8-4-2-5-9-13/h2,4-5,8-9,12H,3,6-7,10-11H2,1H3. The molecule has 132 valence electrons. The topological polar surface area (TPSA) is 72.4 Å². The number of methoxy groups -OCH3 is 1. The number of hydrogen-bond acceptors (Lipinski definition) is 6. The number of hydrogen-bond donors (Lipinski definition) is 0. The van der Waals surface area contributed by atoms with Crippen molar-refractivity contribution in [2.75, 3.05) is 25.1 Å². The molecule has 26 heavy (non-hydrogen) atoms. The molecule has 6 nitrogen and oxygen atoms in total. The molecule has 0 bridgehead atoms. The van der Waals surface area contributed by atoms with E-state index in [2.05, 4.69) is 9.88 Å². The smallest absolute Gasteiger partial charge is 0.233 e. The minimum absolute atomic E-state index is 0.0387. The van der Waals surface area contributed by atoms with Crippen molar-refractivity contribution >= 4 is 17.4 Å². The van der Waals surface area contributed by atoms with E-state index in [0.29, 0.717) is 11.6 Å². The Hall–Kier alpha value is -3.02. The molecule has 1 aliphatic carbocycles. The van der Waals surface area contributed by atoms with Crippen LogP contribution in [0.3, 0.4) is 0 Å². The van der Waals surface area contributed by atoms with Crippen molar-refractivity contribution in [3.8, 4) is 11.4 Å². The van der Waals surface area contributed by atoms with Crippen LogP contribution in [0.25, 0.3) is 11.4 Å². The lowest BCUT2D eigenvalue weighted by Gasteiger charge is -2.30. The van der Waals surface area contributed by atoms with Gasteiger partial charge in [-0.1, -0.05) is 30.3 Å². The monoisotopic (exact) mass is 349 g/mol. The highest BCUT2D eigenvalue weighted by atomic mass is 16.5. The van der Waals surface area contributed by atoms with Crippen molar-refractivity contribution in [1.82, 2.24) is 9.97 Å². The van der Waals surface area contributed by atoms with Crippen molar-refractivity contribution in [3.63, 3.8) is 0 Å². The minimum Gasteiger partial charge on any atom is -0.492 e. The molecular weight excluding hydrogens is 330 g/mol. The zero-order valence-electron chi connectivity index (χ0n) is 14.6. The fourth-order valence-electron chi connectivity index (χ4n) is 3.41. The van der Waals surface area contributed by atoms with Gasteiger partial charge in [0, 0.05) is 24.7 Å². The summed E-state index contributed by atoms with van der Waals surface area (Å²) in [4.78, 5) is 36.7. The van der Waals surface area contributed by atoms with E-state index in [-0.39, 0.29) is 28.6 Å². The highest BCUT2D eigenvalue weighted by molar-refractivity contribution is 6.25. The van der Waals surface area contributed by atoms with Crippen LogP contribution in [0.1, 0.15) is 40.1 Å². The molecule has 2 heterocycles. The number of ketones is 2. The summed E-state index contributed by atoms with van der Waals surface area (Å²) in [6, 6.07) is 9.50. The van der Waals surface area contributed by atoms with Crippen molar-refractivity contribution in [2.45, 2.75) is 19.3 Å². The van der Waals surface area contributed by atoms with E-state index >= 15 is 0 Å². The number of benzene rings is 1. The van der Waals surface area contributed by atoms with Crippen LogP contribution in [0.4, 0.5) is 5.82 Å². The lowest BCUT2D eigenvalue weighted by Crippen LogP contribution is -2.34. The zero-order chi connectivity index (χ0) is 18.1. The summed E-state index contributed by atoms with van der Waals surface area (Å²) in [5.41, 5.74) is 1.23. The molecule has 0 spiro atoms. The minimum atomic E-state index is -0.331. The van der Waals surface area contributed by atoms with Gasteiger partial charge in [0.1, 0.15) is 11.5 Å². The molecule has 6 heteroatoms. The first-order valence-electron chi connectivity index (χ1n) is 8.76. The Labute approximate surface area is 151 Å². The summed E-state index contributed by atoms with van der Waals surface area (Å²) in [7, 11) is 1.39. The lowest BCUT2D eigenvalue weighted by molar-refractivity contribution is 0.0914. The van der Waals surface area contributed by atoms with E-state index in [9.17, 15) is 9.59 Å². The molecule has 0 amide bonds. The number of fused-ring (bicyclic) bond motifs is 1. The van der Waals surface area contributed by atoms with Gasteiger partial charge >= 0.3 is 0 Å². The molecule has 0 unspecified atom stereocenters. The summed E-state index contributed by atoms with van der Waals surface area (Å²) < 4.78 is 5.10. The van der Waals surface area contributed by atoms with Crippen molar-refractivity contribution in [2.24, 2.45) is 0 Å². The van der Waals surface area contributed by atoms with Crippen LogP contribution in [-0.4, -0.2) is 41.7 Å². The third-order valence-corrected chi connectivity index (χ3v) is 4.74. The second-order valence-corrected chi connectivity index (χ2v) is 6.41. The summed E-state index contributed by atoms with van der Waals surface area (Å²) in [6.45, 7) is 1.62. The number of piperidine rings is 1. The molecule has 4 rings (SSSR count). The van der Waals surface area contributed by atoms with Crippen LogP contribution >= 0.6 is 0 Å². The fraction of sp³-hybridized carbons (Fsp3) is 0.300. The normalized spacial score (nSPS) is 17.0. The molecular formula is C20H19N3O3. The Morgan fingerprint density at radius 3 is 2.42 bits per heavy atom. The van der Waals surface area contributed by atoms with Crippen LogP contribution in [-0.2, 0) is 4.74 Å². The van der Waals surface area contributed by atoms with Crippen LogP contribution in [0.5, 0.6) is 0 Å². The average Bonchev–Trinajstić information content (AvgIpc) is 2.71. The van der Waals surface area contributed by atoms with Gasteiger partial charge in [-0.15, -0.1) is 0 Å². The number of carbonyl (C=O) groups excluding carboxylic acids is 2. The van der Waals surface area contributed by atoms with Gasteiger partial charge in [-0.3, -0.25) is 9.59 Å². The Balaban J connectivity index is 1.92. The number of aromatic nitrogens is 2. The van der Waals surface area contributed by atoms with Crippen molar-refractivity contribution < 1.29 is 14.3 Å². The number of ether oxygens (including phenoxy) is 1. The zero-order valence-corrected chi connectivity index (χ0v) is 14.6.